The van der Waals surface area contributed by atoms with E-state index < -0.39 is 17.5 Å². The number of hydrogen-bond acceptors (Lipinski definition) is 4. The Labute approximate surface area is 143 Å². The summed E-state index contributed by atoms with van der Waals surface area (Å²) in [7, 11) is 0. The zero-order valence-electron chi connectivity index (χ0n) is 13.3. The third-order valence-corrected chi connectivity index (χ3v) is 3.68. The second kappa shape index (κ2) is 6.52. The molecule has 0 spiro atoms. The quantitative estimate of drug-likeness (QED) is 0.842. The van der Waals surface area contributed by atoms with Gasteiger partial charge in [-0.15, -0.1) is 0 Å². The highest BCUT2D eigenvalue weighted by atomic mass is 16.2. The SMILES string of the molecule is CC(=O)Nc1ccc(C(=O)NC2=CC(=O)C(=O)c3ccccc32)cc1. The fraction of sp³-hybridized carbons (Fsp3) is 0.0526. The van der Waals surface area contributed by atoms with E-state index in [0.717, 1.165) is 6.08 Å². The maximum absolute atomic E-state index is 12.4. The maximum Gasteiger partial charge on any atom is 0.255 e. The number of ketones is 2. The molecule has 0 saturated heterocycles. The molecule has 0 unspecified atom stereocenters. The first-order valence-corrected chi connectivity index (χ1v) is 7.54. The Hall–Kier alpha value is -3.54. The van der Waals surface area contributed by atoms with Crippen LogP contribution in [-0.4, -0.2) is 23.4 Å². The van der Waals surface area contributed by atoms with E-state index in [1.54, 1.807) is 48.5 Å². The second-order valence-electron chi connectivity index (χ2n) is 5.51. The Morgan fingerprint density at radius 1 is 0.840 bits per heavy atom. The number of hydrogen-bond donors (Lipinski definition) is 2. The molecule has 0 saturated carbocycles. The second-order valence-corrected chi connectivity index (χ2v) is 5.51. The highest BCUT2D eigenvalue weighted by Crippen LogP contribution is 2.23. The van der Waals surface area contributed by atoms with E-state index in [2.05, 4.69) is 10.6 Å². The zero-order chi connectivity index (χ0) is 18.0. The lowest BCUT2D eigenvalue weighted by molar-refractivity contribution is -0.114. The number of anilines is 1. The highest BCUT2D eigenvalue weighted by Gasteiger charge is 2.26. The molecule has 1 aliphatic rings. The molecule has 25 heavy (non-hydrogen) atoms. The van der Waals surface area contributed by atoms with Gasteiger partial charge < -0.3 is 10.6 Å². The van der Waals surface area contributed by atoms with Gasteiger partial charge in [-0.2, -0.15) is 0 Å². The third-order valence-electron chi connectivity index (χ3n) is 3.68. The van der Waals surface area contributed by atoms with E-state index in [1.807, 2.05) is 0 Å². The summed E-state index contributed by atoms with van der Waals surface area (Å²) in [4.78, 5) is 47.1. The minimum absolute atomic E-state index is 0.204. The topological polar surface area (TPSA) is 92.3 Å². The molecule has 6 nitrogen and oxygen atoms in total. The Bertz CT molecular complexity index is 927. The first-order valence-electron chi connectivity index (χ1n) is 7.54. The third kappa shape index (κ3) is 3.37. The number of allylic oxidation sites excluding steroid dienone is 1. The van der Waals surface area contributed by atoms with Crippen LogP contribution < -0.4 is 10.6 Å². The van der Waals surface area contributed by atoms with Gasteiger partial charge in [-0.3, -0.25) is 19.2 Å². The first-order chi connectivity index (χ1) is 12.0. The number of benzene rings is 2. The summed E-state index contributed by atoms with van der Waals surface area (Å²) < 4.78 is 0. The summed E-state index contributed by atoms with van der Waals surface area (Å²) in [6.07, 6.45) is 1.13. The van der Waals surface area contributed by atoms with Gasteiger partial charge in [0.25, 0.3) is 5.91 Å². The molecular weight excluding hydrogens is 320 g/mol. The van der Waals surface area contributed by atoms with Crippen LogP contribution in [0.4, 0.5) is 5.69 Å². The molecule has 0 bridgehead atoms. The predicted octanol–water partition coefficient (Wildman–Crippen LogP) is 2.18. The standard InChI is InChI=1S/C19H14N2O4/c1-11(22)20-13-8-6-12(7-9-13)19(25)21-16-10-17(23)18(24)15-5-3-2-4-14(15)16/h2-10H,1H3,(H,20,22)(H,21,25). The minimum Gasteiger partial charge on any atom is -0.326 e. The molecule has 0 aromatic heterocycles. The van der Waals surface area contributed by atoms with E-state index in [-0.39, 0.29) is 17.2 Å². The summed E-state index contributed by atoms with van der Waals surface area (Å²) in [5.74, 6) is -1.88. The van der Waals surface area contributed by atoms with Crippen LogP contribution in [0.25, 0.3) is 5.70 Å². The monoisotopic (exact) mass is 334 g/mol. The number of carbonyl (C=O) groups is 4. The van der Waals surface area contributed by atoms with Crippen LogP contribution in [0.5, 0.6) is 0 Å². The van der Waals surface area contributed by atoms with Crippen molar-refractivity contribution in [3.8, 4) is 0 Å². The molecule has 0 fully saturated rings. The molecule has 2 aromatic rings. The Morgan fingerprint density at radius 2 is 1.48 bits per heavy atom. The van der Waals surface area contributed by atoms with Gasteiger partial charge in [0.2, 0.25) is 17.5 Å². The van der Waals surface area contributed by atoms with Crippen LogP contribution in [0.2, 0.25) is 0 Å². The number of amides is 2. The lowest BCUT2D eigenvalue weighted by atomic mass is 9.92. The molecule has 124 valence electrons. The van der Waals surface area contributed by atoms with E-state index >= 15 is 0 Å². The molecule has 2 aromatic carbocycles. The predicted molar refractivity (Wildman–Crippen MR) is 92.0 cm³/mol. The van der Waals surface area contributed by atoms with Gasteiger partial charge >= 0.3 is 0 Å². The van der Waals surface area contributed by atoms with Gasteiger partial charge in [0.05, 0.1) is 5.70 Å². The molecule has 1 aliphatic carbocycles. The summed E-state index contributed by atoms with van der Waals surface area (Å²) >= 11 is 0. The van der Waals surface area contributed by atoms with Crippen molar-refractivity contribution in [1.29, 1.82) is 0 Å². The summed E-state index contributed by atoms with van der Waals surface area (Å²) in [5, 5.41) is 5.28. The fourth-order valence-corrected chi connectivity index (χ4v) is 2.53. The van der Waals surface area contributed by atoms with Gasteiger partial charge in [-0.05, 0) is 24.3 Å². The normalized spacial score (nSPS) is 12.9. The van der Waals surface area contributed by atoms with Gasteiger partial charge in [0, 0.05) is 35.4 Å². The van der Waals surface area contributed by atoms with Crippen molar-refractivity contribution in [1.82, 2.24) is 5.32 Å². The van der Waals surface area contributed by atoms with E-state index in [4.69, 9.17) is 0 Å². The maximum atomic E-state index is 12.4. The molecule has 0 radical (unpaired) electrons. The lowest BCUT2D eigenvalue weighted by Gasteiger charge is -2.17. The summed E-state index contributed by atoms with van der Waals surface area (Å²) in [5.41, 5.74) is 2.00. The Balaban J connectivity index is 1.83. The number of carbonyl (C=O) groups excluding carboxylic acids is 4. The number of fused-ring (bicyclic) bond motifs is 1. The molecular formula is C19H14N2O4. The number of nitrogens with one attached hydrogen (secondary N) is 2. The average molecular weight is 334 g/mol. The Morgan fingerprint density at radius 3 is 2.12 bits per heavy atom. The molecule has 6 heteroatoms. The lowest BCUT2D eigenvalue weighted by Crippen LogP contribution is -2.28. The highest BCUT2D eigenvalue weighted by molar-refractivity contribution is 6.50. The first kappa shape index (κ1) is 16.3. The van der Waals surface area contributed by atoms with Crippen LogP contribution in [0, 0.1) is 0 Å². The fourth-order valence-electron chi connectivity index (χ4n) is 2.53. The number of rotatable bonds is 3. The van der Waals surface area contributed by atoms with E-state index in [9.17, 15) is 19.2 Å². The van der Waals surface area contributed by atoms with Crippen molar-refractivity contribution >= 4 is 34.8 Å². The average Bonchev–Trinajstić information content (AvgIpc) is 2.59. The van der Waals surface area contributed by atoms with Crippen molar-refractivity contribution < 1.29 is 19.2 Å². The van der Waals surface area contributed by atoms with Crippen LogP contribution >= 0.6 is 0 Å². The van der Waals surface area contributed by atoms with E-state index in [1.165, 1.54) is 6.92 Å². The van der Waals surface area contributed by atoms with Crippen molar-refractivity contribution in [3.63, 3.8) is 0 Å². The van der Waals surface area contributed by atoms with Crippen molar-refractivity contribution in [2.45, 2.75) is 6.92 Å². The van der Waals surface area contributed by atoms with Crippen molar-refractivity contribution in [2.24, 2.45) is 0 Å². The van der Waals surface area contributed by atoms with Gasteiger partial charge in [-0.1, -0.05) is 24.3 Å². The molecule has 3 rings (SSSR count). The van der Waals surface area contributed by atoms with Crippen molar-refractivity contribution in [2.75, 3.05) is 5.32 Å². The summed E-state index contributed by atoms with van der Waals surface area (Å²) in [6, 6.07) is 12.9. The number of Topliss-reactive ketones (excluding diaryl/α,β-unsaturated/α-hetero) is 1. The molecule has 0 heterocycles. The van der Waals surface area contributed by atoms with Gasteiger partial charge in [-0.25, -0.2) is 0 Å². The van der Waals surface area contributed by atoms with Crippen LogP contribution in [0.1, 0.15) is 33.2 Å². The zero-order valence-corrected chi connectivity index (χ0v) is 13.3. The van der Waals surface area contributed by atoms with Crippen molar-refractivity contribution in [3.05, 3.63) is 71.3 Å². The molecule has 0 aliphatic heterocycles. The van der Waals surface area contributed by atoms with Gasteiger partial charge in [0.1, 0.15) is 0 Å². The summed E-state index contributed by atoms with van der Waals surface area (Å²) in [6.45, 7) is 1.39. The molecule has 0 atom stereocenters. The molecule has 2 amide bonds. The Kier molecular flexibility index (Phi) is 4.26. The molecule has 2 N–H and O–H groups in total. The van der Waals surface area contributed by atoms with Gasteiger partial charge in [0.15, 0.2) is 0 Å². The van der Waals surface area contributed by atoms with E-state index in [0.29, 0.717) is 16.8 Å². The largest absolute Gasteiger partial charge is 0.326 e. The minimum atomic E-state index is -0.671. The van der Waals surface area contributed by atoms with Crippen LogP contribution in [-0.2, 0) is 9.59 Å². The van der Waals surface area contributed by atoms with Crippen LogP contribution in [0.15, 0.2) is 54.6 Å². The smallest absolute Gasteiger partial charge is 0.255 e. The van der Waals surface area contributed by atoms with Crippen LogP contribution in [0.3, 0.4) is 0 Å².